The lowest BCUT2D eigenvalue weighted by molar-refractivity contribution is -0.139. The summed E-state index contributed by atoms with van der Waals surface area (Å²) in [6.45, 7) is 2.70. The van der Waals surface area contributed by atoms with Crippen molar-refractivity contribution in [1.82, 2.24) is 9.78 Å². The summed E-state index contributed by atoms with van der Waals surface area (Å²) < 4.78 is 39.4. The number of aryl methyl sites for hydroxylation is 2. The van der Waals surface area contributed by atoms with Crippen molar-refractivity contribution >= 4 is 21.8 Å². The minimum Gasteiger partial charge on any atom is -0.481 e. The molecule has 0 atom stereocenters. The van der Waals surface area contributed by atoms with Gasteiger partial charge >= 0.3 is 5.97 Å². The number of benzene rings is 1. The summed E-state index contributed by atoms with van der Waals surface area (Å²) in [5.41, 5.74) is 0.953. The number of sulfonamides is 1. The summed E-state index contributed by atoms with van der Waals surface area (Å²) in [5, 5.41) is 12.8. The minimum absolute atomic E-state index is 0.0249. The van der Waals surface area contributed by atoms with Crippen LogP contribution in [0.2, 0.25) is 0 Å². The van der Waals surface area contributed by atoms with Crippen LogP contribution in [0.3, 0.4) is 0 Å². The van der Waals surface area contributed by atoms with Crippen LogP contribution in [0.5, 0.6) is 11.6 Å². The summed E-state index contributed by atoms with van der Waals surface area (Å²) in [7, 11) is -0.876. The van der Waals surface area contributed by atoms with Crippen molar-refractivity contribution in [2.24, 2.45) is 7.05 Å². The van der Waals surface area contributed by atoms with Gasteiger partial charge in [-0.1, -0.05) is 6.07 Å². The Balaban J connectivity index is 2.38. The lowest BCUT2D eigenvalue weighted by Crippen LogP contribution is -2.17. The predicted molar refractivity (Wildman–Crippen MR) is 89.6 cm³/mol. The topological polar surface area (TPSA) is 120 Å². The Labute approximate surface area is 145 Å². The zero-order valence-electron chi connectivity index (χ0n) is 14.2. The van der Waals surface area contributed by atoms with Crippen LogP contribution in [0.4, 0.5) is 5.82 Å². The maximum absolute atomic E-state index is 12.7. The molecule has 1 aromatic heterocycles. The van der Waals surface area contributed by atoms with E-state index in [2.05, 4.69) is 9.82 Å². The van der Waals surface area contributed by atoms with Gasteiger partial charge in [-0.3, -0.25) is 4.72 Å². The second-order valence-corrected chi connectivity index (χ2v) is 6.97. The second kappa shape index (κ2) is 7.01. The van der Waals surface area contributed by atoms with Gasteiger partial charge in [0, 0.05) is 18.7 Å². The molecule has 0 aliphatic carbocycles. The molecule has 2 rings (SSSR count). The molecule has 0 unspecified atom stereocenters. The van der Waals surface area contributed by atoms with Crippen molar-refractivity contribution in [2.45, 2.75) is 18.7 Å². The molecule has 0 aliphatic heterocycles. The molecule has 0 aliphatic rings. The number of methoxy groups -OCH3 is 1. The van der Waals surface area contributed by atoms with Crippen LogP contribution < -0.4 is 14.2 Å². The molecule has 136 valence electrons. The average Bonchev–Trinajstić information content (AvgIpc) is 2.85. The molecule has 1 heterocycles. The number of aromatic nitrogens is 2. The number of carboxylic acids is 1. The number of rotatable bonds is 7. The molecule has 0 spiro atoms. The Kier molecular flexibility index (Phi) is 5.21. The number of hydrogen-bond acceptors (Lipinski definition) is 6. The first-order valence-electron chi connectivity index (χ1n) is 7.21. The van der Waals surface area contributed by atoms with E-state index in [9.17, 15) is 13.2 Å². The van der Waals surface area contributed by atoms with Crippen LogP contribution in [0.25, 0.3) is 0 Å². The van der Waals surface area contributed by atoms with Crippen LogP contribution in [0.1, 0.15) is 11.1 Å². The van der Waals surface area contributed by atoms with E-state index in [1.807, 2.05) is 0 Å². The van der Waals surface area contributed by atoms with Gasteiger partial charge in [-0.15, -0.1) is 0 Å². The summed E-state index contributed by atoms with van der Waals surface area (Å²) in [5.74, 6) is -0.425. The number of hydrogen-bond donors (Lipinski definition) is 2. The van der Waals surface area contributed by atoms with Crippen molar-refractivity contribution < 1.29 is 27.8 Å². The highest BCUT2D eigenvalue weighted by molar-refractivity contribution is 7.92. The fourth-order valence-electron chi connectivity index (χ4n) is 2.34. The Morgan fingerprint density at radius 1 is 1.36 bits per heavy atom. The molecule has 0 saturated heterocycles. The lowest BCUT2D eigenvalue weighted by Gasteiger charge is -2.15. The minimum atomic E-state index is -3.94. The van der Waals surface area contributed by atoms with Crippen LogP contribution in [-0.4, -0.2) is 43.0 Å². The van der Waals surface area contributed by atoms with E-state index in [1.165, 1.54) is 23.9 Å². The molecule has 0 saturated carbocycles. The standard InChI is InChI=1S/C15H19N3O6S/c1-9-5-6-11(10(2)15(9)24-8-14(19)20)25(21,22)17-12-7-13(23-4)18(3)16-12/h5-7H,8H2,1-4H3,(H,16,17)(H,19,20). The normalized spacial score (nSPS) is 11.2. The van der Waals surface area contributed by atoms with E-state index < -0.39 is 22.6 Å². The number of nitrogens with one attached hydrogen (secondary N) is 1. The molecule has 2 aromatic rings. The van der Waals surface area contributed by atoms with Gasteiger partial charge < -0.3 is 14.6 Å². The summed E-state index contributed by atoms with van der Waals surface area (Å²) >= 11 is 0. The zero-order chi connectivity index (χ0) is 18.8. The first-order valence-corrected chi connectivity index (χ1v) is 8.69. The largest absolute Gasteiger partial charge is 0.481 e. The molecule has 10 heteroatoms. The zero-order valence-corrected chi connectivity index (χ0v) is 15.0. The quantitative estimate of drug-likeness (QED) is 0.755. The number of nitrogens with zero attached hydrogens (tertiary/aromatic N) is 2. The van der Waals surface area contributed by atoms with Gasteiger partial charge in [-0.25, -0.2) is 17.9 Å². The Morgan fingerprint density at radius 3 is 2.60 bits per heavy atom. The van der Waals surface area contributed by atoms with E-state index >= 15 is 0 Å². The molecule has 1 aromatic carbocycles. The van der Waals surface area contributed by atoms with Crippen molar-refractivity contribution in [3.05, 3.63) is 29.3 Å². The number of carboxylic acid groups (broad SMARTS) is 1. The van der Waals surface area contributed by atoms with Crippen LogP contribution in [0, 0.1) is 13.8 Å². The molecule has 0 bridgehead atoms. The number of carbonyl (C=O) groups is 1. The summed E-state index contributed by atoms with van der Waals surface area (Å²) in [6.07, 6.45) is 0. The van der Waals surface area contributed by atoms with Gasteiger partial charge in [0.2, 0.25) is 5.88 Å². The van der Waals surface area contributed by atoms with Gasteiger partial charge in [0.15, 0.2) is 12.4 Å². The first-order chi connectivity index (χ1) is 11.7. The highest BCUT2D eigenvalue weighted by atomic mass is 32.2. The molecule has 25 heavy (non-hydrogen) atoms. The SMILES string of the molecule is COc1cc(NS(=O)(=O)c2ccc(C)c(OCC(=O)O)c2C)nn1C. The third kappa shape index (κ3) is 4.02. The Bertz CT molecular complexity index is 904. The van der Waals surface area contributed by atoms with Gasteiger partial charge in [0.05, 0.1) is 12.0 Å². The fourth-order valence-corrected chi connectivity index (χ4v) is 3.57. The van der Waals surface area contributed by atoms with Crippen molar-refractivity contribution in [3.63, 3.8) is 0 Å². The molecule has 0 fully saturated rings. The van der Waals surface area contributed by atoms with Gasteiger partial charge in [0.25, 0.3) is 10.0 Å². The fraction of sp³-hybridized carbons (Fsp3) is 0.333. The molecule has 9 nitrogen and oxygen atoms in total. The Morgan fingerprint density at radius 2 is 2.04 bits per heavy atom. The average molecular weight is 369 g/mol. The maximum Gasteiger partial charge on any atom is 0.341 e. The van der Waals surface area contributed by atoms with Crippen LogP contribution in [-0.2, 0) is 21.9 Å². The third-order valence-corrected chi connectivity index (χ3v) is 4.97. The van der Waals surface area contributed by atoms with Crippen molar-refractivity contribution in [1.29, 1.82) is 0 Å². The second-order valence-electron chi connectivity index (χ2n) is 5.32. The van der Waals surface area contributed by atoms with Crippen LogP contribution in [0.15, 0.2) is 23.1 Å². The van der Waals surface area contributed by atoms with Gasteiger partial charge in [0.1, 0.15) is 5.75 Å². The highest BCUT2D eigenvalue weighted by Crippen LogP contribution is 2.30. The summed E-state index contributed by atoms with van der Waals surface area (Å²) in [4.78, 5) is 10.7. The van der Waals surface area contributed by atoms with E-state index in [0.717, 1.165) is 0 Å². The number of aliphatic carboxylic acids is 1. The molecule has 0 radical (unpaired) electrons. The monoisotopic (exact) mass is 369 g/mol. The third-order valence-electron chi connectivity index (χ3n) is 3.47. The lowest BCUT2D eigenvalue weighted by atomic mass is 10.1. The van der Waals surface area contributed by atoms with Gasteiger partial charge in [-0.05, 0) is 25.5 Å². The van der Waals surface area contributed by atoms with Gasteiger partial charge in [-0.2, -0.15) is 5.10 Å². The molecule has 0 amide bonds. The van der Waals surface area contributed by atoms with E-state index in [-0.39, 0.29) is 16.5 Å². The smallest absolute Gasteiger partial charge is 0.341 e. The molecule has 2 N–H and O–H groups in total. The van der Waals surface area contributed by atoms with E-state index in [4.69, 9.17) is 14.6 Å². The van der Waals surface area contributed by atoms with Crippen molar-refractivity contribution in [2.75, 3.05) is 18.4 Å². The number of anilines is 1. The summed E-state index contributed by atoms with van der Waals surface area (Å²) in [6, 6.07) is 4.43. The predicted octanol–water partition coefficient (Wildman–Crippen LogP) is 1.31. The maximum atomic E-state index is 12.7. The van der Waals surface area contributed by atoms with Crippen LogP contribution >= 0.6 is 0 Å². The molecular weight excluding hydrogens is 350 g/mol. The Hall–Kier alpha value is -2.75. The van der Waals surface area contributed by atoms with Crippen molar-refractivity contribution in [3.8, 4) is 11.6 Å². The highest BCUT2D eigenvalue weighted by Gasteiger charge is 2.22. The number of ether oxygens (including phenoxy) is 2. The van der Waals surface area contributed by atoms with E-state index in [0.29, 0.717) is 17.0 Å². The molecular formula is C15H19N3O6S. The van der Waals surface area contributed by atoms with E-state index in [1.54, 1.807) is 27.0 Å². The first kappa shape index (κ1) is 18.6.